The molecule has 0 spiro atoms. The summed E-state index contributed by atoms with van der Waals surface area (Å²) in [4.78, 5) is 8.12. The first-order valence-corrected chi connectivity index (χ1v) is 6.96. The van der Waals surface area contributed by atoms with Crippen molar-refractivity contribution < 1.29 is 0 Å². The topological polar surface area (TPSA) is 54.7 Å². The number of nitrogens with one attached hydrogen (secondary N) is 1. The summed E-state index contributed by atoms with van der Waals surface area (Å²) >= 11 is 0. The van der Waals surface area contributed by atoms with Crippen molar-refractivity contribution in [2.75, 3.05) is 5.73 Å². The van der Waals surface area contributed by atoms with Crippen molar-refractivity contribution in [1.82, 2.24) is 9.97 Å². The van der Waals surface area contributed by atoms with Gasteiger partial charge in [0.2, 0.25) is 0 Å². The zero-order valence-corrected chi connectivity index (χ0v) is 11.7. The Bertz CT molecular complexity index is 967. The van der Waals surface area contributed by atoms with Crippen molar-refractivity contribution in [2.24, 2.45) is 0 Å². The summed E-state index contributed by atoms with van der Waals surface area (Å²) < 4.78 is 0. The Morgan fingerprint density at radius 3 is 2.62 bits per heavy atom. The highest BCUT2D eigenvalue weighted by Crippen LogP contribution is 2.31. The van der Waals surface area contributed by atoms with Crippen molar-refractivity contribution in [3.05, 3.63) is 60.2 Å². The number of fused-ring (bicyclic) bond motifs is 2. The van der Waals surface area contributed by atoms with E-state index in [0.29, 0.717) is 0 Å². The van der Waals surface area contributed by atoms with E-state index >= 15 is 0 Å². The van der Waals surface area contributed by atoms with Crippen LogP contribution in [0.1, 0.15) is 5.56 Å². The lowest BCUT2D eigenvalue weighted by Crippen LogP contribution is -1.89. The monoisotopic (exact) mass is 273 g/mol. The molecule has 3 N–H and O–H groups in total. The number of nitrogen functional groups attached to an aromatic ring is 1. The van der Waals surface area contributed by atoms with Crippen molar-refractivity contribution >= 4 is 27.5 Å². The van der Waals surface area contributed by atoms with Gasteiger partial charge in [-0.2, -0.15) is 0 Å². The summed E-state index contributed by atoms with van der Waals surface area (Å²) in [7, 11) is 0. The fraction of sp³-hybridized carbons (Fsp3) is 0.0556. The number of hydrogen-bond acceptors (Lipinski definition) is 2. The molecule has 0 amide bonds. The molecule has 4 aromatic rings. The van der Waals surface area contributed by atoms with E-state index in [1.54, 1.807) is 0 Å². The number of anilines is 1. The minimum atomic E-state index is 0.793. The molecule has 102 valence electrons. The molecule has 3 aromatic carbocycles. The third kappa shape index (κ3) is 1.86. The van der Waals surface area contributed by atoms with Gasteiger partial charge in [-0.15, -0.1) is 0 Å². The Labute approximate surface area is 122 Å². The number of H-pyrrole nitrogens is 1. The summed E-state index contributed by atoms with van der Waals surface area (Å²) in [5, 5.41) is 2.18. The molecule has 3 nitrogen and oxygen atoms in total. The Morgan fingerprint density at radius 2 is 1.76 bits per heavy atom. The number of aromatic amines is 1. The molecule has 0 saturated carbocycles. The minimum absolute atomic E-state index is 0.793. The van der Waals surface area contributed by atoms with E-state index in [0.717, 1.165) is 38.9 Å². The second-order valence-corrected chi connectivity index (χ2v) is 5.35. The quantitative estimate of drug-likeness (QED) is 0.509. The normalized spacial score (nSPS) is 11.3. The first-order valence-electron chi connectivity index (χ1n) is 6.96. The lowest BCUT2D eigenvalue weighted by Gasteiger charge is -2.06. The lowest BCUT2D eigenvalue weighted by atomic mass is 10.0. The average Bonchev–Trinajstić information content (AvgIpc) is 2.90. The number of aryl methyl sites for hydroxylation is 1. The molecule has 1 aromatic heterocycles. The largest absolute Gasteiger partial charge is 0.398 e. The summed E-state index contributed by atoms with van der Waals surface area (Å²) in [5.41, 5.74) is 11.2. The van der Waals surface area contributed by atoms with E-state index < -0.39 is 0 Å². The van der Waals surface area contributed by atoms with E-state index in [1.165, 1.54) is 5.56 Å². The lowest BCUT2D eigenvalue weighted by molar-refractivity contribution is 1.35. The molecule has 21 heavy (non-hydrogen) atoms. The van der Waals surface area contributed by atoms with Crippen LogP contribution in [-0.2, 0) is 0 Å². The van der Waals surface area contributed by atoms with Gasteiger partial charge >= 0.3 is 0 Å². The maximum absolute atomic E-state index is 6.07. The molecule has 0 radical (unpaired) electrons. The highest BCUT2D eigenvalue weighted by Gasteiger charge is 2.10. The average molecular weight is 273 g/mol. The first-order chi connectivity index (χ1) is 10.2. The van der Waals surface area contributed by atoms with Gasteiger partial charge in [-0.05, 0) is 42.1 Å². The molecular weight excluding hydrogens is 258 g/mol. The van der Waals surface area contributed by atoms with Crippen molar-refractivity contribution in [2.45, 2.75) is 6.92 Å². The minimum Gasteiger partial charge on any atom is -0.398 e. The molecule has 0 saturated heterocycles. The third-order valence-corrected chi connectivity index (χ3v) is 3.85. The van der Waals surface area contributed by atoms with Gasteiger partial charge in [0.15, 0.2) is 0 Å². The zero-order valence-electron chi connectivity index (χ0n) is 11.7. The number of imidazole rings is 1. The van der Waals surface area contributed by atoms with E-state index in [1.807, 2.05) is 36.4 Å². The number of aromatic nitrogens is 2. The van der Waals surface area contributed by atoms with Crippen LogP contribution < -0.4 is 5.73 Å². The van der Waals surface area contributed by atoms with Crippen LogP contribution in [0.2, 0.25) is 0 Å². The van der Waals surface area contributed by atoms with Gasteiger partial charge in [-0.3, -0.25) is 0 Å². The predicted octanol–water partition coefficient (Wildman–Crippen LogP) is 4.27. The molecule has 0 bridgehead atoms. The van der Waals surface area contributed by atoms with Gasteiger partial charge in [0.05, 0.1) is 11.0 Å². The molecule has 0 aliphatic heterocycles. The predicted molar refractivity (Wildman–Crippen MR) is 88.2 cm³/mol. The Balaban J connectivity index is 2.02. The molecule has 0 atom stereocenters. The molecular formula is C18H15N3. The van der Waals surface area contributed by atoms with Crippen LogP contribution in [-0.4, -0.2) is 9.97 Å². The van der Waals surface area contributed by atoms with Crippen LogP contribution in [0.4, 0.5) is 5.69 Å². The van der Waals surface area contributed by atoms with E-state index in [-0.39, 0.29) is 0 Å². The van der Waals surface area contributed by atoms with Gasteiger partial charge in [0.1, 0.15) is 5.82 Å². The molecule has 0 aliphatic rings. The van der Waals surface area contributed by atoms with Crippen LogP contribution >= 0.6 is 0 Å². The Kier molecular flexibility index (Phi) is 2.48. The summed E-state index contributed by atoms with van der Waals surface area (Å²) in [6, 6.07) is 18.4. The third-order valence-electron chi connectivity index (χ3n) is 3.85. The fourth-order valence-electron chi connectivity index (χ4n) is 2.78. The summed E-state index contributed by atoms with van der Waals surface area (Å²) in [6.07, 6.45) is 0. The van der Waals surface area contributed by atoms with Crippen molar-refractivity contribution in [3.63, 3.8) is 0 Å². The van der Waals surface area contributed by atoms with Gasteiger partial charge in [0, 0.05) is 16.6 Å². The maximum atomic E-state index is 6.07. The van der Waals surface area contributed by atoms with E-state index in [2.05, 4.69) is 30.1 Å². The Morgan fingerprint density at radius 1 is 0.952 bits per heavy atom. The van der Waals surface area contributed by atoms with Gasteiger partial charge in [0.25, 0.3) is 0 Å². The summed E-state index contributed by atoms with van der Waals surface area (Å²) in [6.45, 7) is 2.08. The van der Waals surface area contributed by atoms with Crippen LogP contribution in [0.15, 0.2) is 54.6 Å². The van der Waals surface area contributed by atoms with Gasteiger partial charge < -0.3 is 10.7 Å². The molecule has 0 fully saturated rings. The highest BCUT2D eigenvalue weighted by atomic mass is 14.9. The van der Waals surface area contributed by atoms with Crippen molar-refractivity contribution in [1.29, 1.82) is 0 Å². The fourth-order valence-corrected chi connectivity index (χ4v) is 2.78. The number of nitrogens with zero attached hydrogens (tertiary/aromatic N) is 1. The number of rotatable bonds is 1. The van der Waals surface area contributed by atoms with E-state index in [9.17, 15) is 0 Å². The second-order valence-electron chi connectivity index (χ2n) is 5.35. The highest BCUT2D eigenvalue weighted by molar-refractivity contribution is 6.02. The molecule has 0 aliphatic carbocycles. The molecule has 4 rings (SSSR count). The van der Waals surface area contributed by atoms with Gasteiger partial charge in [-0.25, -0.2) is 4.98 Å². The maximum Gasteiger partial charge on any atom is 0.139 e. The molecule has 0 unspecified atom stereocenters. The van der Waals surface area contributed by atoms with Crippen LogP contribution in [0.3, 0.4) is 0 Å². The number of nitrogens with two attached hydrogens (primary N) is 1. The Hall–Kier alpha value is -2.81. The number of benzene rings is 3. The first kappa shape index (κ1) is 12.0. The summed E-state index contributed by atoms with van der Waals surface area (Å²) in [5.74, 6) is 0.881. The zero-order chi connectivity index (χ0) is 14.4. The van der Waals surface area contributed by atoms with Crippen LogP contribution in [0.5, 0.6) is 0 Å². The van der Waals surface area contributed by atoms with Crippen LogP contribution in [0.25, 0.3) is 33.2 Å². The van der Waals surface area contributed by atoms with Gasteiger partial charge in [-0.1, -0.05) is 30.3 Å². The molecule has 1 heterocycles. The standard InChI is InChI=1S/C18H15N3/c1-11-6-9-16-17(10-11)21-18(20-16)14-7-8-15(19)13-5-3-2-4-12(13)14/h2-10H,19H2,1H3,(H,20,21). The SMILES string of the molecule is Cc1ccc2nc(-c3ccc(N)c4ccccc34)[nH]c2c1. The molecule has 3 heteroatoms. The number of hydrogen-bond donors (Lipinski definition) is 2. The second kappa shape index (κ2) is 4.35. The smallest absolute Gasteiger partial charge is 0.139 e. The van der Waals surface area contributed by atoms with Crippen LogP contribution in [0, 0.1) is 6.92 Å². The van der Waals surface area contributed by atoms with E-state index in [4.69, 9.17) is 10.7 Å². The van der Waals surface area contributed by atoms with Crippen molar-refractivity contribution in [3.8, 4) is 11.4 Å².